The minimum atomic E-state index is -0.499. The lowest BCUT2D eigenvalue weighted by atomic mass is 10.1. The van der Waals surface area contributed by atoms with Crippen LogP contribution in [0.5, 0.6) is 0 Å². The number of carbonyl (C=O) groups excluding carboxylic acids is 1. The van der Waals surface area contributed by atoms with E-state index in [1.54, 1.807) is 4.90 Å². The Balaban J connectivity index is 2.12. The third kappa shape index (κ3) is 2.89. The van der Waals surface area contributed by atoms with Crippen molar-refractivity contribution >= 4 is 5.91 Å². The maximum absolute atomic E-state index is 12.4. The first-order valence-electron chi connectivity index (χ1n) is 6.43. The molecule has 4 nitrogen and oxygen atoms in total. The number of ether oxygens (including phenoxy) is 1. The van der Waals surface area contributed by atoms with E-state index in [1.165, 1.54) is 0 Å². The predicted octanol–water partition coefficient (Wildman–Crippen LogP) is 1.32. The molecule has 0 unspecified atom stereocenters. The Morgan fingerprint density at radius 3 is 2.78 bits per heavy atom. The average molecular weight is 248 g/mol. The lowest BCUT2D eigenvalue weighted by molar-refractivity contribution is -0.142. The smallest absolute Gasteiger partial charge is 0.256 e. The van der Waals surface area contributed by atoms with E-state index in [4.69, 9.17) is 10.5 Å². The molecule has 1 aromatic carbocycles. The van der Waals surface area contributed by atoms with Crippen LogP contribution in [0.3, 0.4) is 0 Å². The maximum Gasteiger partial charge on any atom is 0.256 e. The highest BCUT2D eigenvalue weighted by atomic mass is 16.5. The van der Waals surface area contributed by atoms with E-state index in [2.05, 4.69) is 0 Å². The van der Waals surface area contributed by atoms with Crippen molar-refractivity contribution in [2.45, 2.75) is 25.5 Å². The van der Waals surface area contributed by atoms with Crippen molar-refractivity contribution in [1.82, 2.24) is 4.90 Å². The zero-order valence-corrected chi connectivity index (χ0v) is 10.7. The van der Waals surface area contributed by atoms with Crippen LogP contribution in [0.4, 0.5) is 0 Å². The zero-order chi connectivity index (χ0) is 13.0. The second-order valence-corrected chi connectivity index (χ2v) is 4.58. The molecule has 1 aromatic rings. The number of nitrogens with zero attached hydrogens (tertiary/aromatic N) is 1. The molecule has 0 saturated carbocycles. The van der Waals surface area contributed by atoms with Gasteiger partial charge in [0.15, 0.2) is 6.10 Å². The van der Waals surface area contributed by atoms with Gasteiger partial charge in [0.25, 0.3) is 5.91 Å². The number of rotatable bonds is 4. The van der Waals surface area contributed by atoms with E-state index in [0.29, 0.717) is 13.2 Å². The molecule has 2 atom stereocenters. The van der Waals surface area contributed by atoms with E-state index in [-0.39, 0.29) is 11.9 Å². The third-order valence-electron chi connectivity index (χ3n) is 3.20. The normalized spacial score (nSPS) is 21.0. The molecule has 1 saturated heterocycles. The number of hydrogen-bond acceptors (Lipinski definition) is 3. The average Bonchev–Trinajstić information content (AvgIpc) is 2.83. The first-order chi connectivity index (χ1) is 8.72. The summed E-state index contributed by atoms with van der Waals surface area (Å²) in [6.45, 7) is 3.79. The summed E-state index contributed by atoms with van der Waals surface area (Å²) in [4.78, 5) is 14.2. The standard InChI is InChI=1S/C14H20N2O2/c1-2-18-13(11-6-4-3-5-7-11)14(17)16-9-8-12(15)10-16/h3-7,12-13H,2,8-10,15H2,1H3/t12-,13+/m1/s1. The van der Waals surface area contributed by atoms with E-state index in [9.17, 15) is 4.79 Å². The maximum atomic E-state index is 12.4. The van der Waals surface area contributed by atoms with Crippen molar-refractivity contribution in [2.24, 2.45) is 5.73 Å². The summed E-state index contributed by atoms with van der Waals surface area (Å²) < 4.78 is 5.61. The molecule has 0 aromatic heterocycles. The van der Waals surface area contributed by atoms with Crippen molar-refractivity contribution < 1.29 is 9.53 Å². The third-order valence-corrected chi connectivity index (χ3v) is 3.20. The largest absolute Gasteiger partial charge is 0.364 e. The molecule has 18 heavy (non-hydrogen) atoms. The fourth-order valence-corrected chi connectivity index (χ4v) is 2.26. The van der Waals surface area contributed by atoms with Crippen molar-refractivity contribution in [3.63, 3.8) is 0 Å². The number of amides is 1. The molecule has 1 fully saturated rings. The van der Waals surface area contributed by atoms with Crippen molar-refractivity contribution in [3.8, 4) is 0 Å². The van der Waals surface area contributed by atoms with Gasteiger partial charge in [-0.25, -0.2) is 0 Å². The SMILES string of the molecule is CCO[C@H](C(=O)N1CC[C@@H](N)C1)c1ccccc1. The minimum Gasteiger partial charge on any atom is -0.364 e. The molecule has 1 aliphatic rings. The highest BCUT2D eigenvalue weighted by molar-refractivity contribution is 5.82. The predicted molar refractivity (Wildman–Crippen MR) is 70.0 cm³/mol. The molecular formula is C14H20N2O2. The summed E-state index contributed by atoms with van der Waals surface area (Å²) in [5.74, 6) is 0.0241. The first-order valence-corrected chi connectivity index (χ1v) is 6.43. The van der Waals surface area contributed by atoms with Gasteiger partial charge >= 0.3 is 0 Å². The molecule has 1 amide bonds. The Labute approximate surface area is 108 Å². The van der Waals surface area contributed by atoms with Gasteiger partial charge in [0.05, 0.1) is 0 Å². The Bertz CT molecular complexity index is 394. The lowest BCUT2D eigenvalue weighted by Crippen LogP contribution is -2.36. The van der Waals surface area contributed by atoms with Gasteiger partial charge in [-0.3, -0.25) is 4.79 Å². The number of likely N-dealkylation sites (tertiary alicyclic amines) is 1. The van der Waals surface area contributed by atoms with Gasteiger partial charge in [-0.15, -0.1) is 0 Å². The van der Waals surface area contributed by atoms with Gasteiger partial charge in [0, 0.05) is 25.7 Å². The number of hydrogen-bond donors (Lipinski definition) is 1. The zero-order valence-electron chi connectivity index (χ0n) is 10.7. The Hall–Kier alpha value is -1.39. The van der Waals surface area contributed by atoms with Gasteiger partial charge in [-0.2, -0.15) is 0 Å². The molecule has 0 bridgehead atoms. The molecule has 0 radical (unpaired) electrons. The Kier molecular flexibility index (Phi) is 4.33. The van der Waals surface area contributed by atoms with E-state index >= 15 is 0 Å². The lowest BCUT2D eigenvalue weighted by Gasteiger charge is -2.23. The van der Waals surface area contributed by atoms with Gasteiger partial charge in [-0.05, 0) is 18.9 Å². The molecular weight excluding hydrogens is 228 g/mol. The van der Waals surface area contributed by atoms with Crippen LogP contribution in [0.25, 0.3) is 0 Å². The van der Waals surface area contributed by atoms with Crippen molar-refractivity contribution in [2.75, 3.05) is 19.7 Å². The van der Waals surface area contributed by atoms with E-state index in [1.807, 2.05) is 37.3 Å². The van der Waals surface area contributed by atoms with Crippen molar-refractivity contribution in [3.05, 3.63) is 35.9 Å². The van der Waals surface area contributed by atoms with Gasteiger partial charge in [0.2, 0.25) is 0 Å². The number of benzene rings is 1. The first kappa shape index (κ1) is 13.1. The topological polar surface area (TPSA) is 55.6 Å². The van der Waals surface area contributed by atoms with Crippen LogP contribution in [0, 0.1) is 0 Å². The molecule has 0 spiro atoms. The van der Waals surface area contributed by atoms with Crippen LogP contribution >= 0.6 is 0 Å². The monoisotopic (exact) mass is 248 g/mol. The Morgan fingerprint density at radius 1 is 1.50 bits per heavy atom. The fraction of sp³-hybridized carbons (Fsp3) is 0.500. The van der Waals surface area contributed by atoms with Crippen LogP contribution < -0.4 is 5.73 Å². The molecule has 1 heterocycles. The summed E-state index contributed by atoms with van der Waals surface area (Å²) in [5.41, 5.74) is 6.75. The summed E-state index contributed by atoms with van der Waals surface area (Å²) in [7, 11) is 0. The minimum absolute atomic E-state index is 0.0241. The highest BCUT2D eigenvalue weighted by Crippen LogP contribution is 2.22. The molecule has 4 heteroatoms. The molecule has 2 N–H and O–H groups in total. The summed E-state index contributed by atoms with van der Waals surface area (Å²) in [6, 6.07) is 9.73. The van der Waals surface area contributed by atoms with Gasteiger partial charge in [-0.1, -0.05) is 30.3 Å². The summed E-state index contributed by atoms with van der Waals surface area (Å²) in [5, 5.41) is 0. The fourth-order valence-electron chi connectivity index (χ4n) is 2.26. The van der Waals surface area contributed by atoms with Crippen LogP contribution in [0.1, 0.15) is 25.0 Å². The van der Waals surface area contributed by atoms with Crippen LogP contribution in [0.2, 0.25) is 0 Å². The molecule has 98 valence electrons. The molecule has 0 aliphatic carbocycles. The quantitative estimate of drug-likeness (QED) is 0.874. The van der Waals surface area contributed by atoms with Crippen LogP contribution in [-0.2, 0) is 9.53 Å². The second kappa shape index (κ2) is 5.98. The summed E-state index contributed by atoms with van der Waals surface area (Å²) >= 11 is 0. The molecule has 2 rings (SSSR count). The van der Waals surface area contributed by atoms with E-state index in [0.717, 1.165) is 18.5 Å². The van der Waals surface area contributed by atoms with Crippen LogP contribution in [-0.4, -0.2) is 36.5 Å². The highest BCUT2D eigenvalue weighted by Gasteiger charge is 2.30. The van der Waals surface area contributed by atoms with Crippen LogP contribution in [0.15, 0.2) is 30.3 Å². The number of nitrogens with two attached hydrogens (primary N) is 1. The Morgan fingerprint density at radius 2 is 2.22 bits per heavy atom. The van der Waals surface area contributed by atoms with E-state index < -0.39 is 6.10 Å². The second-order valence-electron chi connectivity index (χ2n) is 4.58. The van der Waals surface area contributed by atoms with Crippen molar-refractivity contribution in [1.29, 1.82) is 0 Å². The molecule has 1 aliphatic heterocycles. The van der Waals surface area contributed by atoms with Gasteiger partial charge < -0.3 is 15.4 Å². The van der Waals surface area contributed by atoms with Gasteiger partial charge in [0.1, 0.15) is 0 Å². The summed E-state index contributed by atoms with van der Waals surface area (Å²) in [6.07, 6.45) is 0.376. The number of carbonyl (C=O) groups is 1.